The molecule has 88 valence electrons. The number of hydrogen-bond acceptors (Lipinski definition) is 6. The van der Waals surface area contributed by atoms with Crippen LogP contribution in [0.15, 0.2) is 0 Å². The van der Waals surface area contributed by atoms with E-state index in [1.807, 2.05) is 0 Å². The van der Waals surface area contributed by atoms with Gasteiger partial charge in [0.1, 0.15) is 18.3 Å². The van der Waals surface area contributed by atoms with Crippen LogP contribution in [-0.4, -0.2) is 46.0 Å². The molecule has 0 bridgehead atoms. The van der Waals surface area contributed by atoms with Crippen molar-refractivity contribution in [3.63, 3.8) is 0 Å². The van der Waals surface area contributed by atoms with E-state index in [0.29, 0.717) is 0 Å². The Labute approximate surface area is 89.7 Å². The molecule has 0 radical (unpaired) electrons. The van der Waals surface area contributed by atoms with Gasteiger partial charge in [0, 0.05) is 10.7 Å². The van der Waals surface area contributed by atoms with Crippen LogP contribution in [0.5, 0.6) is 0 Å². The van der Waals surface area contributed by atoms with E-state index in [2.05, 4.69) is 9.12 Å². The minimum absolute atomic E-state index is 0.00593. The van der Waals surface area contributed by atoms with Gasteiger partial charge in [0.05, 0.1) is 13.2 Å². The van der Waals surface area contributed by atoms with E-state index < -0.39 is 33.7 Å². The summed E-state index contributed by atoms with van der Waals surface area (Å²) >= 11 is 0. The van der Waals surface area contributed by atoms with Crippen LogP contribution in [0.3, 0.4) is 0 Å². The normalized spacial score (nSPS) is 40.7. The topological polar surface area (TPSA) is 71.1 Å². The van der Waals surface area contributed by atoms with Crippen LogP contribution >= 0.6 is 10.7 Å². The molecular formula is C6H8ClFO6S. The molecule has 2 fully saturated rings. The van der Waals surface area contributed by atoms with Gasteiger partial charge in [-0.2, -0.15) is 13.4 Å². The summed E-state index contributed by atoms with van der Waals surface area (Å²) in [5, 5.41) is 0. The number of ether oxygens (including phenoxy) is 2. The fourth-order valence-corrected chi connectivity index (χ4v) is 2.48. The molecule has 2 aliphatic heterocycles. The van der Waals surface area contributed by atoms with Crippen molar-refractivity contribution < 1.29 is 31.5 Å². The van der Waals surface area contributed by atoms with E-state index in [1.165, 1.54) is 0 Å². The Bertz CT molecular complexity index is 335. The predicted octanol–water partition coefficient (Wildman–Crippen LogP) is -0.0775. The van der Waals surface area contributed by atoms with E-state index in [-0.39, 0.29) is 13.2 Å². The smallest absolute Gasteiger partial charge is 0.356 e. The maximum atomic E-state index is 12.0. The molecule has 0 N–H and O–H groups in total. The first-order chi connectivity index (χ1) is 7.01. The first-order valence-corrected chi connectivity index (χ1v) is 6.38. The highest BCUT2D eigenvalue weighted by atomic mass is 35.7. The summed E-state index contributed by atoms with van der Waals surface area (Å²) in [6.07, 6.45) is -3.02. The standard InChI is InChI=1S/C6H8ClFO6S/c7-15(9,10)14-4-2-12-5-3(13-8)1-11-6(4)5/h3-6H,1-2H2. The Hall–Kier alpha value is 0.01000. The van der Waals surface area contributed by atoms with Crippen LogP contribution in [0, 0.1) is 0 Å². The maximum absolute atomic E-state index is 12.0. The van der Waals surface area contributed by atoms with Gasteiger partial charge in [0.15, 0.2) is 6.10 Å². The SMILES string of the molecule is O=S(=O)(Cl)OC1COC2C(OF)COC12. The zero-order valence-electron chi connectivity index (χ0n) is 7.34. The summed E-state index contributed by atoms with van der Waals surface area (Å²) < 4.78 is 48.0. The molecule has 0 aromatic rings. The first kappa shape index (κ1) is 11.5. The average molecular weight is 263 g/mol. The Kier molecular flexibility index (Phi) is 3.15. The van der Waals surface area contributed by atoms with Crippen LogP contribution in [-0.2, 0) is 27.9 Å². The fraction of sp³-hybridized carbons (Fsp3) is 1.00. The molecule has 9 heteroatoms. The van der Waals surface area contributed by atoms with Crippen molar-refractivity contribution in [3.05, 3.63) is 0 Å². The summed E-state index contributed by atoms with van der Waals surface area (Å²) in [6.45, 7) is -0.0326. The number of rotatable bonds is 3. The minimum Gasteiger partial charge on any atom is -0.370 e. The van der Waals surface area contributed by atoms with Crippen molar-refractivity contribution in [1.82, 2.24) is 0 Å². The van der Waals surface area contributed by atoms with Crippen molar-refractivity contribution in [3.8, 4) is 0 Å². The Morgan fingerprint density at radius 3 is 2.27 bits per heavy atom. The third kappa shape index (κ3) is 2.40. The molecule has 2 rings (SSSR count). The minimum atomic E-state index is -4.09. The number of fused-ring (bicyclic) bond motifs is 1. The number of hydrogen-bond donors (Lipinski definition) is 0. The van der Waals surface area contributed by atoms with Crippen molar-refractivity contribution in [1.29, 1.82) is 0 Å². The van der Waals surface area contributed by atoms with Crippen LogP contribution in [0.4, 0.5) is 4.53 Å². The quantitative estimate of drug-likeness (QED) is 0.663. The van der Waals surface area contributed by atoms with E-state index in [1.54, 1.807) is 0 Å². The van der Waals surface area contributed by atoms with Crippen molar-refractivity contribution >= 4 is 20.0 Å². The van der Waals surface area contributed by atoms with Gasteiger partial charge >= 0.3 is 9.33 Å². The molecule has 2 aliphatic rings. The van der Waals surface area contributed by atoms with E-state index in [4.69, 9.17) is 20.2 Å². The van der Waals surface area contributed by atoms with Gasteiger partial charge in [-0.05, 0) is 4.53 Å². The van der Waals surface area contributed by atoms with Gasteiger partial charge in [-0.3, -0.25) is 0 Å². The summed E-state index contributed by atoms with van der Waals surface area (Å²) in [7, 11) is 0.815. The summed E-state index contributed by atoms with van der Waals surface area (Å²) in [4.78, 5) is 3.62. The van der Waals surface area contributed by atoms with E-state index in [9.17, 15) is 12.9 Å². The highest BCUT2D eigenvalue weighted by molar-refractivity contribution is 8.10. The third-order valence-electron chi connectivity index (χ3n) is 2.32. The molecule has 0 aliphatic carbocycles. The van der Waals surface area contributed by atoms with Gasteiger partial charge in [0.2, 0.25) is 0 Å². The average Bonchev–Trinajstić information content (AvgIpc) is 2.65. The van der Waals surface area contributed by atoms with Crippen LogP contribution in [0.2, 0.25) is 0 Å². The molecule has 4 unspecified atom stereocenters. The van der Waals surface area contributed by atoms with E-state index in [0.717, 1.165) is 0 Å². The predicted molar refractivity (Wildman–Crippen MR) is 45.1 cm³/mol. The molecule has 0 saturated carbocycles. The summed E-state index contributed by atoms with van der Waals surface area (Å²) in [5.41, 5.74) is 0. The van der Waals surface area contributed by atoms with Crippen LogP contribution in [0.1, 0.15) is 0 Å². The number of halogens is 2. The molecule has 0 aromatic carbocycles. The Morgan fingerprint density at radius 1 is 1.20 bits per heavy atom. The molecule has 0 spiro atoms. The second-order valence-corrected chi connectivity index (χ2v) is 5.36. The zero-order chi connectivity index (χ0) is 11.1. The third-order valence-corrected chi connectivity index (χ3v) is 3.01. The lowest BCUT2D eigenvalue weighted by Crippen LogP contribution is -2.33. The van der Waals surface area contributed by atoms with Crippen LogP contribution < -0.4 is 0 Å². The van der Waals surface area contributed by atoms with Crippen molar-refractivity contribution in [2.24, 2.45) is 0 Å². The van der Waals surface area contributed by atoms with Crippen LogP contribution in [0.25, 0.3) is 0 Å². The second-order valence-electron chi connectivity index (χ2n) is 3.25. The van der Waals surface area contributed by atoms with Gasteiger partial charge in [-0.1, -0.05) is 0 Å². The molecule has 2 heterocycles. The van der Waals surface area contributed by atoms with Crippen molar-refractivity contribution in [2.75, 3.05) is 13.2 Å². The Balaban J connectivity index is 2.02. The van der Waals surface area contributed by atoms with Gasteiger partial charge in [-0.15, -0.1) is 0 Å². The van der Waals surface area contributed by atoms with Gasteiger partial charge in [0.25, 0.3) is 0 Å². The molecular weight excluding hydrogens is 255 g/mol. The van der Waals surface area contributed by atoms with Gasteiger partial charge in [-0.25, -0.2) is 4.18 Å². The Morgan fingerprint density at radius 2 is 1.73 bits per heavy atom. The first-order valence-electron chi connectivity index (χ1n) is 4.15. The maximum Gasteiger partial charge on any atom is 0.356 e. The highest BCUT2D eigenvalue weighted by Crippen LogP contribution is 2.31. The molecule has 6 nitrogen and oxygen atoms in total. The lowest BCUT2D eigenvalue weighted by atomic mass is 10.1. The van der Waals surface area contributed by atoms with Crippen molar-refractivity contribution in [2.45, 2.75) is 24.4 Å². The van der Waals surface area contributed by atoms with Gasteiger partial charge < -0.3 is 9.47 Å². The lowest BCUT2D eigenvalue weighted by molar-refractivity contribution is -0.201. The molecule has 15 heavy (non-hydrogen) atoms. The van der Waals surface area contributed by atoms with E-state index >= 15 is 0 Å². The molecule has 2 saturated heterocycles. The molecule has 0 amide bonds. The zero-order valence-corrected chi connectivity index (χ0v) is 8.91. The monoisotopic (exact) mass is 262 g/mol. The fourth-order valence-electron chi connectivity index (χ4n) is 1.74. The lowest BCUT2D eigenvalue weighted by Gasteiger charge is -2.13. The molecule has 0 aromatic heterocycles. The highest BCUT2D eigenvalue weighted by Gasteiger charge is 2.50. The summed E-state index contributed by atoms with van der Waals surface area (Å²) in [5.74, 6) is 0. The largest absolute Gasteiger partial charge is 0.370 e. The molecule has 4 atom stereocenters. The second kappa shape index (κ2) is 4.11. The summed E-state index contributed by atoms with van der Waals surface area (Å²) in [6, 6.07) is 0.